The summed E-state index contributed by atoms with van der Waals surface area (Å²) in [5, 5.41) is 9.10. The summed E-state index contributed by atoms with van der Waals surface area (Å²) < 4.78 is 0. The van der Waals surface area contributed by atoms with Gasteiger partial charge in [-0.1, -0.05) is 6.07 Å². The number of anilines is 3. The van der Waals surface area contributed by atoms with Gasteiger partial charge in [-0.25, -0.2) is 9.97 Å². The topological polar surface area (TPSA) is 62.5 Å². The molecule has 4 rings (SSSR count). The monoisotopic (exact) mass is 363 g/mol. The summed E-state index contributed by atoms with van der Waals surface area (Å²) in [6, 6.07) is 12.2. The van der Waals surface area contributed by atoms with Gasteiger partial charge in [0.1, 0.15) is 18.0 Å². The van der Waals surface area contributed by atoms with Crippen LogP contribution in [-0.4, -0.2) is 74.3 Å². The number of nitrogens with zero attached hydrogens (tertiary/aromatic N) is 7. The third-order valence-corrected chi connectivity index (χ3v) is 5.41. The van der Waals surface area contributed by atoms with Gasteiger partial charge in [-0.3, -0.25) is 0 Å². The molecule has 0 N–H and O–H groups in total. The van der Waals surface area contributed by atoms with Crippen LogP contribution in [-0.2, 0) is 0 Å². The predicted octanol–water partition coefficient (Wildman–Crippen LogP) is 1.43. The number of nitriles is 1. The predicted molar refractivity (Wildman–Crippen MR) is 107 cm³/mol. The molecule has 1 aromatic heterocycles. The molecule has 0 amide bonds. The average Bonchev–Trinajstić information content (AvgIpc) is 2.74. The molecule has 2 aliphatic rings. The van der Waals surface area contributed by atoms with Crippen molar-refractivity contribution in [3.05, 3.63) is 42.2 Å². The van der Waals surface area contributed by atoms with Gasteiger partial charge in [0, 0.05) is 64.1 Å². The van der Waals surface area contributed by atoms with Gasteiger partial charge in [0.25, 0.3) is 0 Å². The van der Waals surface area contributed by atoms with Crippen LogP contribution in [0.3, 0.4) is 0 Å². The van der Waals surface area contributed by atoms with Gasteiger partial charge in [0.15, 0.2) is 0 Å². The third kappa shape index (κ3) is 3.96. The van der Waals surface area contributed by atoms with Crippen LogP contribution in [0.1, 0.15) is 5.56 Å². The molecule has 2 fully saturated rings. The van der Waals surface area contributed by atoms with E-state index in [4.69, 9.17) is 5.26 Å². The van der Waals surface area contributed by atoms with Crippen molar-refractivity contribution in [1.82, 2.24) is 14.9 Å². The Kier molecular flexibility index (Phi) is 5.07. The minimum Gasteiger partial charge on any atom is -0.368 e. The molecule has 7 nitrogen and oxygen atoms in total. The number of hydrogen-bond donors (Lipinski definition) is 0. The van der Waals surface area contributed by atoms with Crippen LogP contribution in [0.25, 0.3) is 0 Å². The number of likely N-dealkylation sites (N-methyl/N-ethyl adjacent to an activating group) is 1. The molecule has 7 heteroatoms. The van der Waals surface area contributed by atoms with Crippen molar-refractivity contribution in [3.63, 3.8) is 0 Å². The zero-order valence-electron chi connectivity index (χ0n) is 15.8. The highest BCUT2D eigenvalue weighted by Gasteiger charge is 2.21. The van der Waals surface area contributed by atoms with Crippen LogP contribution >= 0.6 is 0 Å². The van der Waals surface area contributed by atoms with E-state index in [0.29, 0.717) is 5.56 Å². The van der Waals surface area contributed by atoms with Crippen LogP contribution in [0.15, 0.2) is 36.7 Å². The fourth-order valence-corrected chi connectivity index (χ4v) is 3.68. The second-order valence-corrected chi connectivity index (χ2v) is 7.16. The molecule has 140 valence electrons. The van der Waals surface area contributed by atoms with Crippen molar-refractivity contribution < 1.29 is 0 Å². The molecule has 27 heavy (non-hydrogen) atoms. The fraction of sp³-hybridized carbons (Fsp3) is 0.450. The van der Waals surface area contributed by atoms with E-state index in [2.05, 4.69) is 54.8 Å². The quantitative estimate of drug-likeness (QED) is 0.817. The Morgan fingerprint density at radius 2 is 1.41 bits per heavy atom. The van der Waals surface area contributed by atoms with Gasteiger partial charge in [0.2, 0.25) is 0 Å². The lowest BCUT2D eigenvalue weighted by Gasteiger charge is -2.37. The van der Waals surface area contributed by atoms with E-state index >= 15 is 0 Å². The largest absolute Gasteiger partial charge is 0.368 e. The molecule has 0 bridgehead atoms. The summed E-state index contributed by atoms with van der Waals surface area (Å²) in [6.07, 6.45) is 1.69. The summed E-state index contributed by atoms with van der Waals surface area (Å²) in [6.45, 7) is 7.82. The van der Waals surface area contributed by atoms with Gasteiger partial charge >= 0.3 is 0 Å². The average molecular weight is 363 g/mol. The van der Waals surface area contributed by atoms with E-state index in [1.54, 1.807) is 6.33 Å². The molecule has 0 atom stereocenters. The van der Waals surface area contributed by atoms with Crippen LogP contribution in [0.2, 0.25) is 0 Å². The summed E-state index contributed by atoms with van der Waals surface area (Å²) in [4.78, 5) is 18.4. The van der Waals surface area contributed by atoms with E-state index in [1.807, 2.05) is 18.2 Å². The molecule has 0 unspecified atom stereocenters. The van der Waals surface area contributed by atoms with E-state index in [1.165, 1.54) is 0 Å². The Labute approximate surface area is 160 Å². The van der Waals surface area contributed by atoms with Gasteiger partial charge in [-0.05, 0) is 25.2 Å². The second-order valence-electron chi connectivity index (χ2n) is 7.16. The zero-order valence-corrected chi connectivity index (χ0v) is 15.8. The number of piperazine rings is 2. The Balaban J connectivity index is 1.41. The number of benzene rings is 1. The Morgan fingerprint density at radius 1 is 0.815 bits per heavy atom. The minimum absolute atomic E-state index is 0.711. The minimum atomic E-state index is 0.711. The molecular weight excluding hydrogens is 338 g/mol. The molecule has 1 aromatic carbocycles. The van der Waals surface area contributed by atoms with Gasteiger partial charge in [0.05, 0.1) is 11.6 Å². The Morgan fingerprint density at radius 3 is 2.04 bits per heavy atom. The van der Waals surface area contributed by atoms with Crippen molar-refractivity contribution in [2.24, 2.45) is 0 Å². The zero-order chi connectivity index (χ0) is 18.6. The third-order valence-electron chi connectivity index (χ3n) is 5.41. The number of aromatic nitrogens is 2. The molecule has 0 radical (unpaired) electrons. The SMILES string of the molecule is CN1CCN(c2cc(N3CCN(c4cccc(C#N)c4)CC3)ncn2)CC1. The Hall–Kier alpha value is -2.85. The van der Waals surface area contributed by atoms with E-state index < -0.39 is 0 Å². The van der Waals surface area contributed by atoms with Gasteiger partial charge in [-0.2, -0.15) is 5.26 Å². The van der Waals surface area contributed by atoms with E-state index in [0.717, 1.165) is 69.7 Å². The maximum absolute atomic E-state index is 9.10. The highest BCUT2D eigenvalue weighted by molar-refractivity contribution is 5.55. The molecule has 0 saturated carbocycles. The van der Waals surface area contributed by atoms with Crippen LogP contribution in [0, 0.1) is 11.3 Å². The first-order valence-corrected chi connectivity index (χ1v) is 9.48. The summed E-state index contributed by atoms with van der Waals surface area (Å²) in [5.41, 5.74) is 1.83. The maximum Gasteiger partial charge on any atom is 0.134 e. The lowest BCUT2D eigenvalue weighted by Crippen LogP contribution is -2.47. The molecule has 0 spiro atoms. The van der Waals surface area contributed by atoms with E-state index in [9.17, 15) is 0 Å². The second kappa shape index (κ2) is 7.80. The van der Waals surface area contributed by atoms with E-state index in [-0.39, 0.29) is 0 Å². The van der Waals surface area contributed by atoms with Gasteiger partial charge in [-0.15, -0.1) is 0 Å². The van der Waals surface area contributed by atoms with Crippen LogP contribution < -0.4 is 14.7 Å². The highest BCUT2D eigenvalue weighted by Crippen LogP contribution is 2.22. The molecule has 2 aliphatic heterocycles. The summed E-state index contributed by atoms with van der Waals surface area (Å²) in [5.74, 6) is 2.03. The standard InChI is InChI=1S/C20H25N7/c1-24-5-7-26(8-6-24)19-14-20(23-16-22-19)27-11-9-25(10-12-27)18-4-2-3-17(13-18)15-21/h2-4,13-14,16H,5-12H2,1H3. The highest BCUT2D eigenvalue weighted by atomic mass is 15.3. The number of hydrogen-bond acceptors (Lipinski definition) is 7. The number of rotatable bonds is 3. The summed E-state index contributed by atoms with van der Waals surface area (Å²) >= 11 is 0. The molecule has 0 aliphatic carbocycles. The Bertz CT molecular complexity index is 815. The first kappa shape index (κ1) is 17.6. The molecule has 2 saturated heterocycles. The van der Waals surface area contributed by atoms with Gasteiger partial charge < -0.3 is 19.6 Å². The van der Waals surface area contributed by atoms with Crippen molar-refractivity contribution in [2.75, 3.05) is 74.1 Å². The van der Waals surface area contributed by atoms with Crippen LogP contribution in [0.5, 0.6) is 0 Å². The van der Waals surface area contributed by atoms with Crippen molar-refractivity contribution in [1.29, 1.82) is 5.26 Å². The maximum atomic E-state index is 9.10. The lowest BCUT2D eigenvalue weighted by molar-refractivity contribution is 0.312. The van der Waals surface area contributed by atoms with Crippen molar-refractivity contribution in [2.45, 2.75) is 0 Å². The van der Waals surface area contributed by atoms with Crippen LogP contribution in [0.4, 0.5) is 17.3 Å². The first-order valence-electron chi connectivity index (χ1n) is 9.48. The smallest absolute Gasteiger partial charge is 0.134 e. The molecule has 2 aromatic rings. The fourth-order valence-electron chi connectivity index (χ4n) is 3.68. The normalized spacial score (nSPS) is 18.4. The molecular formula is C20H25N7. The summed E-state index contributed by atoms with van der Waals surface area (Å²) in [7, 11) is 2.16. The van der Waals surface area contributed by atoms with Crippen molar-refractivity contribution >= 4 is 17.3 Å². The lowest BCUT2D eigenvalue weighted by atomic mass is 10.2. The first-order chi connectivity index (χ1) is 13.2. The van der Waals surface area contributed by atoms with Crippen molar-refractivity contribution in [3.8, 4) is 6.07 Å². The molecule has 3 heterocycles.